The van der Waals surface area contributed by atoms with E-state index in [1.165, 1.54) is 18.2 Å². The topological polar surface area (TPSA) is 67.4 Å². The highest BCUT2D eigenvalue weighted by Gasteiger charge is 2.14. The molecule has 5 nitrogen and oxygen atoms in total. The lowest BCUT2D eigenvalue weighted by Crippen LogP contribution is -2.22. The summed E-state index contributed by atoms with van der Waals surface area (Å²) in [6.45, 7) is 2.33. The van der Waals surface area contributed by atoms with Crippen molar-refractivity contribution in [2.24, 2.45) is 0 Å². The highest BCUT2D eigenvalue weighted by molar-refractivity contribution is 5.98. The van der Waals surface area contributed by atoms with Gasteiger partial charge >= 0.3 is 5.97 Å². The number of rotatable bonds is 8. The fourth-order valence-electron chi connectivity index (χ4n) is 2.17. The molecule has 2 rings (SSSR count). The third-order valence-corrected chi connectivity index (χ3v) is 3.48. The largest absolute Gasteiger partial charge is 0.452 e. The highest BCUT2D eigenvalue weighted by atomic mass is 19.1. The first kappa shape index (κ1) is 18.4. The van der Waals surface area contributed by atoms with Crippen LogP contribution in [0.1, 0.15) is 30.1 Å². The third-order valence-electron chi connectivity index (χ3n) is 3.48. The molecule has 0 spiro atoms. The van der Waals surface area contributed by atoms with Gasteiger partial charge in [0.15, 0.2) is 6.61 Å². The molecule has 0 atom stereocenters. The fraction of sp³-hybridized carbons (Fsp3) is 0.263. The van der Waals surface area contributed by atoms with E-state index in [4.69, 9.17) is 4.74 Å². The number of carbonyl (C=O) groups is 2. The summed E-state index contributed by atoms with van der Waals surface area (Å²) in [7, 11) is 0. The Kier molecular flexibility index (Phi) is 6.95. The number of carbonyl (C=O) groups excluding carboxylic acids is 2. The Bertz CT molecular complexity index is 734. The number of anilines is 2. The van der Waals surface area contributed by atoms with Crippen LogP contribution < -0.4 is 10.6 Å². The number of hydrogen-bond donors (Lipinski definition) is 2. The Morgan fingerprint density at radius 2 is 1.72 bits per heavy atom. The number of ether oxygens (including phenoxy) is 1. The molecule has 132 valence electrons. The second-order valence-corrected chi connectivity index (χ2v) is 5.43. The van der Waals surface area contributed by atoms with Gasteiger partial charge in [0.25, 0.3) is 5.91 Å². The molecular formula is C19H21FN2O3. The predicted molar refractivity (Wildman–Crippen MR) is 95.2 cm³/mol. The Hall–Kier alpha value is -2.89. The molecule has 0 saturated carbocycles. The predicted octanol–water partition coefficient (Wildman–Crippen LogP) is 3.83. The molecule has 0 saturated heterocycles. The maximum absolute atomic E-state index is 13.5. The average molecular weight is 344 g/mol. The first-order chi connectivity index (χ1) is 12.1. The number of hydrogen-bond acceptors (Lipinski definition) is 4. The molecule has 1 amide bonds. The third kappa shape index (κ3) is 5.60. The normalized spacial score (nSPS) is 10.2. The van der Waals surface area contributed by atoms with Crippen LogP contribution in [0.3, 0.4) is 0 Å². The summed E-state index contributed by atoms with van der Waals surface area (Å²) in [6, 6.07) is 12.7. The summed E-state index contributed by atoms with van der Waals surface area (Å²) in [5.41, 5.74) is 1.07. The van der Waals surface area contributed by atoms with Crippen molar-refractivity contribution in [1.29, 1.82) is 0 Å². The standard InChI is InChI=1S/C19H21FN2O3/c1-2-3-12-21-16-10-6-4-8-14(16)19(24)25-13-18(23)22-17-11-7-5-9-15(17)20/h4-11,21H,2-3,12-13H2,1H3,(H,22,23). The monoisotopic (exact) mass is 344 g/mol. The fourth-order valence-corrected chi connectivity index (χ4v) is 2.17. The first-order valence-electron chi connectivity index (χ1n) is 8.16. The van der Waals surface area contributed by atoms with Gasteiger partial charge in [-0.15, -0.1) is 0 Å². The molecule has 6 heteroatoms. The SMILES string of the molecule is CCCCNc1ccccc1C(=O)OCC(=O)Nc1ccccc1F. The summed E-state index contributed by atoms with van der Waals surface area (Å²) in [5, 5.41) is 5.55. The molecule has 2 aromatic rings. The molecule has 0 aliphatic carbocycles. The molecule has 0 aromatic heterocycles. The minimum Gasteiger partial charge on any atom is -0.452 e. The molecule has 0 unspecified atom stereocenters. The van der Waals surface area contributed by atoms with Gasteiger partial charge in [0.05, 0.1) is 11.3 Å². The zero-order chi connectivity index (χ0) is 18.1. The van der Waals surface area contributed by atoms with E-state index in [9.17, 15) is 14.0 Å². The van der Waals surface area contributed by atoms with E-state index < -0.39 is 24.3 Å². The minimum absolute atomic E-state index is 0.0465. The van der Waals surface area contributed by atoms with E-state index in [0.717, 1.165) is 19.4 Å². The molecular weight excluding hydrogens is 323 g/mol. The molecule has 0 heterocycles. The molecule has 0 aliphatic rings. The zero-order valence-corrected chi connectivity index (χ0v) is 14.0. The van der Waals surface area contributed by atoms with Gasteiger partial charge in [-0.1, -0.05) is 37.6 Å². The number of halogens is 1. The van der Waals surface area contributed by atoms with Crippen LogP contribution in [-0.4, -0.2) is 25.0 Å². The van der Waals surface area contributed by atoms with E-state index in [-0.39, 0.29) is 5.69 Å². The van der Waals surface area contributed by atoms with Crippen molar-refractivity contribution in [3.05, 3.63) is 59.9 Å². The Morgan fingerprint density at radius 3 is 2.44 bits per heavy atom. The number of unbranched alkanes of at least 4 members (excludes halogenated alkanes) is 1. The van der Waals surface area contributed by atoms with Crippen molar-refractivity contribution in [1.82, 2.24) is 0 Å². The molecule has 2 N–H and O–H groups in total. The van der Waals surface area contributed by atoms with Gasteiger partial charge in [-0.05, 0) is 30.7 Å². The molecule has 0 fully saturated rings. The molecule has 0 aliphatic heterocycles. The molecule has 2 aromatic carbocycles. The van der Waals surface area contributed by atoms with Crippen molar-refractivity contribution in [3.8, 4) is 0 Å². The van der Waals surface area contributed by atoms with Crippen molar-refractivity contribution < 1.29 is 18.7 Å². The van der Waals surface area contributed by atoms with Gasteiger partial charge in [0.2, 0.25) is 0 Å². The van der Waals surface area contributed by atoms with Gasteiger partial charge < -0.3 is 15.4 Å². The summed E-state index contributed by atoms with van der Waals surface area (Å²) in [6.07, 6.45) is 2.02. The van der Waals surface area contributed by atoms with Crippen LogP contribution in [0.15, 0.2) is 48.5 Å². The Balaban J connectivity index is 1.91. The van der Waals surface area contributed by atoms with Gasteiger partial charge in [-0.3, -0.25) is 4.79 Å². The van der Waals surface area contributed by atoms with Gasteiger partial charge in [0.1, 0.15) is 5.82 Å². The number of benzene rings is 2. The number of esters is 1. The lowest BCUT2D eigenvalue weighted by Gasteiger charge is -2.11. The average Bonchev–Trinajstić information content (AvgIpc) is 2.62. The van der Waals surface area contributed by atoms with Crippen LogP contribution in [0.25, 0.3) is 0 Å². The van der Waals surface area contributed by atoms with Crippen LogP contribution >= 0.6 is 0 Å². The summed E-state index contributed by atoms with van der Waals surface area (Å²) < 4.78 is 18.5. The van der Waals surface area contributed by atoms with Crippen LogP contribution in [0.5, 0.6) is 0 Å². The number of nitrogens with one attached hydrogen (secondary N) is 2. The number of amides is 1. The smallest absolute Gasteiger partial charge is 0.340 e. The number of para-hydroxylation sites is 2. The lowest BCUT2D eigenvalue weighted by molar-refractivity contribution is -0.119. The summed E-state index contributed by atoms with van der Waals surface area (Å²) >= 11 is 0. The van der Waals surface area contributed by atoms with Crippen molar-refractivity contribution in [2.75, 3.05) is 23.8 Å². The van der Waals surface area contributed by atoms with Crippen molar-refractivity contribution >= 4 is 23.3 Å². The second kappa shape index (κ2) is 9.42. The van der Waals surface area contributed by atoms with E-state index in [1.807, 2.05) is 6.07 Å². The van der Waals surface area contributed by atoms with Crippen LogP contribution in [0.4, 0.5) is 15.8 Å². The van der Waals surface area contributed by atoms with E-state index in [1.54, 1.807) is 24.3 Å². The van der Waals surface area contributed by atoms with Gasteiger partial charge in [-0.25, -0.2) is 9.18 Å². The first-order valence-corrected chi connectivity index (χ1v) is 8.16. The minimum atomic E-state index is -0.608. The highest BCUT2D eigenvalue weighted by Crippen LogP contribution is 2.17. The second-order valence-electron chi connectivity index (χ2n) is 5.43. The van der Waals surface area contributed by atoms with Gasteiger partial charge in [0, 0.05) is 12.2 Å². The summed E-state index contributed by atoms with van der Waals surface area (Å²) in [5.74, 6) is -1.76. The van der Waals surface area contributed by atoms with Crippen molar-refractivity contribution in [3.63, 3.8) is 0 Å². The maximum Gasteiger partial charge on any atom is 0.340 e. The lowest BCUT2D eigenvalue weighted by atomic mass is 10.1. The molecule has 0 bridgehead atoms. The maximum atomic E-state index is 13.5. The van der Waals surface area contributed by atoms with Gasteiger partial charge in [-0.2, -0.15) is 0 Å². The van der Waals surface area contributed by atoms with Crippen molar-refractivity contribution in [2.45, 2.75) is 19.8 Å². The summed E-state index contributed by atoms with van der Waals surface area (Å²) in [4.78, 5) is 24.0. The molecule has 25 heavy (non-hydrogen) atoms. The van der Waals surface area contributed by atoms with E-state index in [0.29, 0.717) is 11.3 Å². The van der Waals surface area contributed by atoms with Crippen LogP contribution in [-0.2, 0) is 9.53 Å². The van der Waals surface area contributed by atoms with E-state index >= 15 is 0 Å². The zero-order valence-electron chi connectivity index (χ0n) is 14.0. The van der Waals surface area contributed by atoms with Crippen LogP contribution in [0.2, 0.25) is 0 Å². The Labute approximate surface area is 146 Å². The van der Waals surface area contributed by atoms with Crippen LogP contribution in [0, 0.1) is 5.82 Å². The van der Waals surface area contributed by atoms with E-state index in [2.05, 4.69) is 17.6 Å². The quantitative estimate of drug-likeness (QED) is 0.564. The molecule has 0 radical (unpaired) electrons. The Morgan fingerprint density at radius 1 is 1.04 bits per heavy atom.